The molecular formula is C47H63N9O6S. The van der Waals surface area contributed by atoms with Gasteiger partial charge in [-0.15, -0.1) is 10.2 Å². The molecule has 4 bridgehead atoms. The third kappa shape index (κ3) is 9.28. The van der Waals surface area contributed by atoms with Crippen LogP contribution in [0.3, 0.4) is 0 Å². The molecule has 9 rings (SSSR count). The van der Waals surface area contributed by atoms with Crippen LogP contribution in [0.25, 0.3) is 15.8 Å². The molecule has 63 heavy (non-hydrogen) atoms. The summed E-state index contributed by atoms with van der Waals surface area (Å²) in [6.07, 6.45) is 10.8. The largest absolute Gasteiger partial charge is 0.497 e. The van der Waals surface area contributed by atoms with Gasteiger partial charge in [0, 0.05) is 86.2 Å². The first-order chi connectivity index (χ1) is 30.2. The minimum Gasteiger partial charge on any atom is -0.497 e. The molecule has 3 aromatic heterocycles. The number of hydrogen-bond acceptors (Lipinski definition) is 15. The number of ether oxygens (including phenoxy) is 2. The summed E-state index contributed by atoms with van der Waals surface area (Å²) in [7, 11) is 1.64. The number of aliphatic hydroxyl groups excluding tert-OH is 2. The number of aromatic carboxylic acids is 1. The minimum absolute atomic E-state index is 0.0524. The zero-order valence-corrected chi connectivity index (χ0v) is 38.2. The summed E-state index contributed by atoms with van der Waals surface area (Å²) in [5.41, 5.74) is 10.7. The van der Waals surface area contributed by atoms with E-state index in [1.165, 1.54) is 24.0 Å². The summed E-state index contributed by atoms with van der Waals surface area (Å²) in [5.74, 6) is 1.34. The van der Waals surface area contributed by atoms with Crippen LogP contribution in [0.1, 0.15) is 106 Å². The lowest BCUT2D eigenvalue weighted by Crippen LogP contribution is -2.64. The van der Waals surface area contributed by atoms with Crippen LogP contribution in [-0.2, 0) is 11.2 Å². The number of nitrogens with one attached hydrogen (secondary N) is 1. The topological polar surface area (TPSA) is 205 Å². The second kappa shape index (κ2) is 18.0. The van der Waals surface area contributed by atoms with Gasteiger partial charge in [-0.2, -0.15) is 0 Å². The van der Waals surface area contributed by atoms with Crippen LogP contribution in [0.2, 0.25) is 0 Å². The number of carbonyl (C=O) groups is 1. The van der Waals surface area contributed by atoms with Gasteiger partial charge in [0.2, 0.25) is 0 Å². The Hall–Kier alpha value is -4.74. The van der Waals surface area contributed by atoms with Gasteiger partial charge in [0.15, 0.2) is 22.5 Å². The maximum Gasteiger partial charge on any atom is 0.355 e. The van der Waals surface area contributed by atoms with Gasteiger partial charge in [0.25, 0.3) is 0 Å². The Balaban J connectivity index is 0.999. The lowest BCUT2D eigenvalue weighted by molar-refractivity contribution is -0.242. The zero-order valence-electron chi connectivity index (χ0n) is 37.4. The molecule has 4 aromatic rings. The maximum absolute atomic E-state index is 13.0. The number of nitrogens with zero attached hydrogens (tertiary/aromatic N) is 7. The number of fused-ring (bicyclic) bond motifs is 2. The lowest BCUT2D eigenvalue weighted by atomic mass is 9.39. The summed E-state index contributed by atoms with van der Waals surface area (Å²) in [4.78, 5) is 31.9. The number of nitrogens with two attached hydrogens (primary N) is 1. The molecular weight excluding hydrogens is 819 g/mol. The summed E-state index contributed by atoms with van der Waals surface area (Å²) >= 11 is 1.53. The van der Waals surface area contributed by atoms with E-state index in [9.17, 15) is 20.1 Å². The fourth-order valence-electron chi connectivity index (χ4n) is 12.3. The summed E-state index contributed by atoms with van der Waals surface area (Å²) in [6, 6.07) is 9.43. The van der Waals surface area contributed by atoms with Crippen LogP contribution < -0.4 is 20.7 Å². The van der Waals surface area contributed by atoms with E-state index in [0.717, 1.165) is 91.7 Å². The van der Waals surface area contributed by atoms with Gasteiger partial charge in [-0.3, -0.25) is 4.99 Å². The quantitative estimate of drug-likeness (QED) is 0.0587. The van der Waals surface area contributed by atoms with Gasteiger partial charge >= 0.3 is 5.97 Å². The van der Waals surface area contributed by atoms with Crippen molar-refractivity contribution in [3.63, 3.8) is 0 Å². The van der Waals surface area contributed by atoms with Crippen molar-refractivity contribution in [3.8, 4) is 5.75 Å². The number of anilines is 4. The fraction of sp³-hybridized carbons (Fsp3) is 0.574. The molecule has 2 unspecified atom stereocenters. The Bertz CT molecular complexity index is 2380. The van der Waals surface area contributed by atoms with Gasteiger partial charge in [0.1, 0.15) is 11.6 Å². The van der Waals surface area contributed by atoms with E-state index < -0.39 is 5.97 Å². The van der Waals surface area contributed by atoms with E-state index in [0.29, 0.717) is 72.0 Å². The van der Waals surface area contributed by atoms with Gasteiger partial charge < -0.3 is 45.6 Å². The number of hydrogen-bond donors (Lipinski definition) is 5. The fourth-order valence-corrected chi connectivity index (χ4v) is 13.2. The van der Waals surface area contributed by atoms with Crippen molar-refractivity contribution < 1.29 is 29.6 Å². The maximum atomic E-state index is 13.0. The molecule has 4 saturated carbocycles. The second-order valence-electron chi connectivity index (χ2n) is 19.3. The molecule has 338 valence electrons. The predicted octanol–water partition coefficient (Wildman–Crippen LogP) is 7.29. The van der Waals surface area contributed by atoms with E-state index in [1.807, 2.05) is 43.0 Å². The SMILES string of the molecule is COc1ccc2sc(Nc3nnc4c(c3C)CCCN4c3ccc(/C(=C/N)C(C)=NCC45CC6(C)CC(C)(C4)CC(OCCN(CCCO)CCCO)(C6)C5)c(C(=O)O)n3)nc2c1. The molecule has 0 spiro atoms. The average molecular weight is 882 g/mol. The zero-order chi connectivity index (χ0) is 44.6. The van der Waals surface area contributed by atoms with E-state index in [2.05, 4.69) is 34.3 Å². The number of benzene rings is 1. The molecule has 6 N–H and O–H groups in total. The number of pyridine rings is 1. The van der Waals surface area contributed by atoms with Gasteiger partial charge in [-0.1, -0.05) is 25.2 Å². The highest BCUT2D eigenvalue weighted by Gasteiger charge is 2.66. The van der Waals surface area contributed by atoms with Crippen LogP contribution in [0, 0.1) is 23.2 Å². The normalized spacial score (nSPS) is 25.6. The average Bonchev–Trinajstić information content (AvgIpc) is 3.65. The summed E-state index contributed by atoms with van der Waals surface area (Å²) in [6.45, 7) is 13.2. The molecule has 4 heterocycles. The van der Waals surface area contributed by atoms with E-state index in [4.69, 9.17) is 30.2 Å². The summed E-state index contributed by atoms with van der Waals surface area (Å²) in [5, 5.41) is 42.8. The number of aromatic nitrogens is 4. The van der Waals surface area contributed by atoms with Crippen molar-refractivity contribution in [1.82, 2.24) is 25.1 Å². The molecule has 5 aliphatic rings. The summed E-state index contributed by atoms with van der Waals surface area (Å²) < 4.78 is 13.4. The molecule has 0 amide bonds. The van der Waals surface area contributed by atoms with Crippen LogP contribution >= 0.6 is 11.3 Å². The molecule has 1 aliphatic heterocycles. The molecule has 1 aromatic carbocycles. The third-order valence-electron chi connectivity index (χ3n) is 13.8. The van der Waals surface area contributed by atoms with Gasteiger partial charge in [-0.25, -0.2) is 14.8 Å². The first-order valence-electron chi connectivity index (χ1n) is 22.3. The number of allylic oxidation sites excluding steroid dienone is 1. The minimum atomic E-state index is -1.15. The Morgan fingerprint density at radius 3 is 2.44 bits per heavy atom. The molecule has 15 nitrogen and oxygen atoms in total. The third-order valence-corrected chi connectivity index (χ3v) is 14.7. The monoisotopic (exact) mass is 881 g/mol. The Morgan fingerprint density at radius 2 is 1.76 bits per heavy atom. The highest BCUT2D eigenvalue weighted by molar-refractivity contribution is 7.22. The molecule has 4 fully saturated rings. The van der Waals surface area contributed by atoms with Gasteiger partial charge in [-0.05, 0) is 119 Å². The van der Waals surface area contributed by atoms with E-state index in [1.54, 1.807) is 13.2 Å². The number of methoxy groups -OCH3 is 1. The van der Waals surface area contributed by atoms with Crippen LogP contribution in [0.5, 0.6) is 5.75 Å². The van der Waals surface area contributed by atoms with Crippen molar-refractivity contribution in [2.75, 3.05) is 69.9 Å². The molecule has 2 atom stereocenters. The van der Waals surface area contributed by atoms with Crippen LogP contribution in [-0.4, -0.2) is 117 Å². The molecule has 16 heteroatoms. The Morgan fingerprint density at radius 1 is 1.02 bits per heavy atom. The van der Waals surface area contributed by atoms with Crippen molar-refractivity contribution in [1.29, 1.82) is 0 Å². The number of aliphatic hydroxyl groups is 2. The number of thiazole rings is 1. The van der Waals surface area contributed by atoms with Crippen LogP contribution in [0.4, 0.5) is 22.6 Å². The first kappa shape index (κ1) is 44.9. The molecule has 0 saturated heterocycles. The van der Waals surface area contributed by atoms with Gasteiger partial charge in [0.05, 0.1) is 29.5 Å². The highest BCUT2D eigenvalue weighted by atomic mass is 32.1. The highest BCUT2D eigenvalue weighted by Crippen LogP contribution is 2.71. The van der Waals surface area contributed by atoms with E-state index >= 15 is 0 Å². The number of carboxylic acids is 1. The lowest BCUT2D eigenvalue weighted by Gasteiger charge is -2.69. The van der Waals surface area contributed by atoms with Crippen molar-refractivity contribution >= 4 is 61.4 Å². The Labute approximate surface area is 373 Å². The number of aliphatic imine (C=N–C) groups is 1. The van der Waals surface area contributed by atoms with E-state index in [-0.39, 0.29) is 40.8 Å². The number of rotatable bonds is 19. The van der Waals surface area contributed by atoms with Crippen LogP contribution in [0.15, 0.2) is 41.5 Å². The predicted molar refractivity (Wildman–Crippen MR) is 248 cm³/mol. The van der Waals surface area contributed by atoms with Crippen molar-refractivity contribution in [2.24, 2.45) is 27.0 Å². The Kier molecular flexibility index (Phi) is 12.8. The number of carboxylic acid groups (broad SMARTS) is 1. The second-order valence-corrected chi connectivity index (χ2v) is 20.3. The molecule has 0 radical (unpaired) electrons. The first-order valence-corrected chi connectivity index (χ1v) is 23.2. The van der Waals surface area contributed by atoms with Crippen molar-refractivity contribution in [2.45, 2.75) is 97.5 Å². The molecule has 4 aliphatic carbocycles. The smallest absolute Gasteiger partial charge is 0.355 e. The standard InChI is InChI=1S/C47H63N9O6S/c1-30-33-9-6-16-56(41(33)54-53-40(30)52-43-50-36-21-32(61-5)10-12-37(36)63-43)38-13-11-34(39(51-38)42(59)60)35(22-48)31(2)49-29-46-24-44(3)23-45(4,25-46)27-47(26-44,28-46)62-20-17-55(14-7-18-57)15-8-19-58/h10-13,21-22,57-58H,6-9,14-20,23-29,48H2,1-5H3,(H,59,60)(H,50,52,53)/b35-22+,49-31?. The van der Waals surface area contributed by atoms with Crippen molar-refractivity contribution in [3.05, 3.63) is 58.9 Å².